The van der Waals surface area contributed by atoms with E-state index in [1.807, 2.05) is 30.3 Å². The summed E-state index contributed by atoms with van der Waals surface area (Å²) in [5.74, 6) is 0.239. The monoisotopic (exact) mass is 304 g/mol. The van der Waals surface area contributed by atoms with Crippen LogP contribution in [0, 0.1) is 0 Å². The van der Waals surface area contributed by atoms with Gasteiger partial charge in [0, 0.05) is 37.7 Å². The van der Waals surface area contributed by atoms with Gasteiger partial charge >= 0.3 is 0 Å². The van der Waals surface area contributed by atoms with Crippen molar-refractivity contribution in [2.45, 2.75) is 31.7 Å². The zero-order valence-corrected chi connectivity index (χ0v) is 13.6. The molecular formula is C18H28N2O2. The van der Waals surface area contributed by atoms with E-state index in [1.54, 1.807) is 0 Å². The lowest BCUT2D eigenvalue weighted by molar-refractivity contribution is 0.0925. The molecule has 0 amide bonds. The SMILES string of the molecule is CN(CCCO)C1CCN(CCC(=O)c2ccccc2)CC1. The first-order valence-electron chi connectivity index (χ1n) is 8.32. The fraction of sp³-hybridized carbons (Fsp3) is 0.611. The van der Waals surface area contributed by atoms with E-state index in [4.69, 9.17) is 5.11 Å². The molecule has 4 nitrogen and oxygen atoms in total. The van der Waals surface area contributed by atoms with Gasteiger partial charge in [-0.3, -0.25) is 4.79 Å². The van der Waals surface area contributed by atoms with Crippen molar-refractivity contribution in [2.75, 3.05) is 39.8 Å². The number of nitrogens with zero attached hydrogens (tertiary/aromatic N) is 2. The summed E-state index contributed by atoms with van der Waals surface area (Å²) in [5, 5.41) is 8.90. The van der Waals surface area contributed by atoms with Crippen molar-refractivity contribution in [3.8, 4) is 0 Å². The molecule has 0 atom stereocenters. The second-order valence-corrected chi connectivity index (χ2v) is 6.17. The maximum absolute atomic E-state index is 12.1. The molecule has 1 saturated heterocycles. The van der Waals surface area contributed by atoms with Crippen LogP contribution in [0.1, 0.15) is 36.0 Å². The molecule has 2 rings (SSSR count). The van der Waals surface area contributed by atoms with Crippen LogP contribution in [0.15, 0.2) is 30.3 Å². The Hall–Kier alpha value is -1.23. The molecule has 0 radical (unpaired) electrons. The zero-order valence-electron chi connectivity index (χ0n) is 13.6. The number of ketones is 1. The van der Waals surface area contributed by atoms with Crippen molar-refractivity contribution in [3.63, 3.8) is 0 Å². The highest BCUT2D eigenvalue weighted by molar-refractivity contribution is 5.96. The Bertz CT molecular complexity index is 442. The molecule has 0 aliphatic carbocycles. The third kappa shape index (κ3) is 5.20. The van der Waals surface area contributed by atoms with Crippen LogP contribution in [-0.2, 0) is 0 Å². The van der Waals surface area contributed by atoms with E-state index in [0.29, 0.717) is 12.5 Å². The smallest absolute Gasteiger partial charge is 0.164 e. The Kier molecular flexibility index (Phi) is 7.03. The van der Waals surface area contributed by atoms with Crippen LogP contribution in [0.5, 0.6) is 0 Å². The van der Waals surface area contributed by atoms with Gasteiger partial charge in [0.05, 0.1) is 0 Å². The van der Waals surface area contributed by atoms with Crippen LogP contribution in [0.4, 0.5) is 0 Å². The van der Waals surface area contributed by atoms with Crippen LogP contribution in [0.3, 0.4) is 0 Å². The molecule has 0 spiro atoms. The number of likely N-dealkylation sites (tertiary alicyclic amines) is 1. The summed E-state index contributed by atoms with van der Waals surface area (Å²) < 4.78 is 0. The van der Waals surface area contributed by atoms with Gasteiger partial charge in [-0.1, -0.05) is 30.3 Å². The van der Waals surface area contributed by atoms with Gasteiger partial charge in [-0.05, 0) is 39.4 Å². The lowest BCUT2D eigenvalue weighted by atomic mass is 10.0. The van der Waals surface area contributed by atoms with Crippen molar-refractivity contribution in [2.24, 2.45) is 0 Å². The number of piperidine rings is 1. The highest BCUT2D eigenvalue weighted by atomic mass is 16.3. The van der Waals surface area contributed by atoms with Gasteiger partial charge in [0.25, 0.3) is 0 Å². The second-order valence-electron chi connectivity index (χ2n) is 6.17. The van der Waals surface area contributed by atoms with Crippen molar-refractivity contribution < 1.29 is 9.90 Å². The Morgan fingerprint density at radius 1 is 1.27 bits per heavy atom. The fourth-order valence-electron chi connectivity index (χ4n) is 3.11. The van der Waals surface area contributed by atoms with Gasteiger partial charge in [-0.25, -0.2) is 0 Å². The molecule has 0 aromatic heterocycles. The first kappa shape index (κ1) is 17.1. The van der Waals surface area contributed by atoms with Crippen LogP contribution in [0.2, 0.25) is 0 Å². The fourth-order valence-corrected chi connectivity index (χ4v) is 3.11. The average molecular weight is 304 g/mol. The van der Waals surface area contributed by atoms with Crippen molar-refractivity contribution in [1.82, 2.24) is 9.80 Å². The number of aliphatic hydroxyl groups excluding tert-OH is 1. The quantitative estimate of drug-likeness (QED) is 0.747. The third-order valence-electron chi connectivity index (χ3n) is 4.60. The van der Waals surface area contributed by atoms with Crippen molar-refractivity contribution in [3.05, 3.63) is 35.9 Å². The summed E-state index contributed by atoms with van der Waals surface area (Å²) in [6.07, 6.45) is 3.76. The molecule has 0 saturated carbocycles. The predicted octanol–water partition coefficient (Wildman–Crippen LogP) is 2.04. The number of carbonyl (C=O) groups is 1. The maximum atomic E-state index is 12.1. The van der Waals surface area contributed by atoms with E-state index in [0.717, 1.165) is 51.0 Å². The minimum Gasteiger partial charge on any atom is -0.396 e. The number of carbonyl (C=O) groups excluding carboxylic acids is 1. The van der Waals surface area contributed by atoms with Gasteiger partial charge < -0.3 is 14.9 Å². The predicted molar refractivity (Wildman–Crippen MR) is 89.2 cm³/mol. The van der Waals surface area contributed by atoms with Crippen molar-refractivity contribution >= 4 is 5.78 Å². The molecule has 1 aliphatic heterocycles. The molecule has 1 N–H and O–H groups in total. The van der Waals surface area contributed by atoms with Gasteiger partial charge in [0.1, 0.15) is 0 Å². The molecular weight excluding hydrogens is 276 g/mol. The highest BCUT2D eigenvalue weighted by Crippen LogP contribution is 2.16. The average Bonchev–Trinajstić information content (AvgIpc) is 2.58. The molecule has 4 heteroatoms. The molecule has 1 heterocycles. The number of rotatable bonds is 8. The van der Waals surface area contributed by atoms with E-state index in [-0.39, 0.29) is 12.4 Å². The standard InChI is InChI=1S/C18H28N2O2/c1-19(11-5-15-21)17-8-12-20(13-9-17)14-10-18(22)16-6-3-2-4-7-16/h2-4,6-7,17,21H,5,8-15H2,1H3. The van der Waals surface area contributed by atoms with Crippen molar-refractivity contribution in [1.29, 1.82) is 0 Å². The van der Waals surface area contributed by atoms with Crippen LogP contribution in [-0.4, -0.2) is 66.6 Å². The third-order valence-corrected chi connectivity index (χ3v) is 4.60. The summed E-state index contributed by atoms with van der Waals surface area (Å²) in [4.78, 5) is 16.9. The first-order chi connectivity index (χ1) is 10.7. The van der Waals surface area contributed by atoms with Gasteiger partial charge in [0.15, 0.2) is 5.78 Å². The maximum Gasteiger partial charge on any atom is 0.164 e. The summed E-state index contributed by atoms with van der Waals surface area (Å²) in [5.41, 5.74) is 0.820. The summed E-state index contributed by atoms with van der Waals surface area (Å²) >= 11 is 0. The first-order valence-corrected chi connectivity index (χ1v) is 8.32. The number of aliphatic hydroxyl groups is 1. The van der Waals surface area contributed by atoms with E-state index < -0.39 is 0 Å². The minimum absolute atomic E-state index is 0.239. The molecule has 0 bridgehead atoms. The summed E-state index contributed by atoms with van der Waals surface area (Å²) in [6.45, 7) is 4.23. The molecule has 22 heavy (non-hydrogen) atoms. The number of hydrogen-bond acceptors (Lipinski definition) is 4. The van der Waals surface area contributed by atoms with Crippen LogP contribution >= 0.6 is 0 Å². The Morgan fingerprint density at radius 3 is 2.59 bits per heavy atom. The van der Waals surface area contributed by atoms with E-state index in [2.05, 4.69) is 16.8 Å². The Labute approximate surface area is 133 Å². The summed E-state index contributed by atoms with van der Waals surface area (Å²) in [6, 6.07) is 10.2. The number of hydrogen-bond donors (Lipinski definition) is 1. The lowest BCUT2D eigenvalue weighted by Crippen LogP contribution is -2.44. The Balaban J connectivity index is 1.68. The van der Waals surface area contributed by atoms with Gasteiger partial charge in [-0.2, -0.15) is 0 Å². The second kappa shape index (κ2) is 9.03. The zero-order chi connectivity index (χ0) is 15.8. The van der Waals surface area contributed by atoms with Gasteiger partial charge in [-0.15, -0.1) is 0 Å². The largest absolute Gasteiger partial charge is 0.396 e. The molecule has 1 aromatic rings. The normalized spacial score (nSPS) is 17.0. The van der Waals surface area contributed by atoms with Crippen LogP contribution in [0.25, 0.3) is 0 Å². The van der Waals surface area contributed by atoms with Gasteiger partial charge in [0.2, 0.25) is 0 Å². The van der Waals surface area contributed by atoms with E-state index in [1.165, 1.54) is 0 Å². The van der Waals surface area contributed by atoms with E-state index in [9.17, 15) is 4.79 Å². The lowest BCUT2D eigenvalue weighted by Gasteiger charge is -2.36. The Morgan fingerprint density at radius 2 is 1.95 bits per heavy atom. The highest BCUT2D eigenvalue weighted by Gasteiger charge is 2.22. The molecule has 122 valence electrons. The number of Topliss-reactive ketones (excluding diaryl/α,β-unsaturated/α-hetero) is 1. The number of benzene rings is 1. The summed E-state index contributed by atoms with van der Waals surface area (Å²) in [7, 11) is 2.15. The molecule has 0 unspecified atom stereocenters. The van der Waals surface area contributed by atoms with E-state index >= 15 is 0 Å². The topological polar surface area (TPSA) is 43.8 Å². The molecule has 1 aliphatic rings. The minimum atomic E-state index is 0.239. The molecule has 1 fully saturated rings. The molecule has 1 aromatic carbocycles. The van der Waals surface area contributed by atoms with Crippen LogP contribution < -0.4 is 0 Å².